The molecule has 0 saturated heterocycles. The van der Waals surface area contributed by atoms with Gasteiger partial charge in [0, 0.05) is 11.5 Å². The van der Waals surface area contributed by atoms with E-state index in [4.69, 9.17) is 4.42 Å². The lowest BCUT2D eigenvalue weighted by Crippen LogP contribution is -2.14. The fourth-order valence-electron chi connectivity index (χ4n) is 4.11. The second-order valence-electron chi connectivity index (χ2n) is 7.70. The van der Waals surface area contributed by atoms with Gasteiger partial charge in [0.15, 0.2) is 5.43 Å². The zero-order valence-electron chi connectivity index (χ0n) is 16.2. The highest BCUT2D eigenvalue weighted by molar-refractivity contribution is 5.92. The van der Waals surface area contributed by atoms with E-state index in [1.165, 1.54) is 23.3 Å². The van der Waals surface area contributed by atoms with Crippen LogP contribution in [0.4, 0.5) is 0 Å². The molecule has 0 bridgehead atoms. The molecule has 1 fully saturated rings. The predicted octanol–water partition coefficient (Wildman–Crippen LogP) is 5.41. The van der Waals surface area contributed by atoms with Crippen molar-refractivity contribution in [2.75, 3.05) is 0 Å². The molecule has 1 heterocycles. The van der Waals surface area contributed by atoms with Crippen molar-refractivity contribution in [1.29, 1.82) is 0 Å². The number of aromatic carboxylic acids is 1. The van der Waals surface area contributed by atoms with Crippen LogP contribution in [0.25, 0.3) is 11.0 Å². The number of fused-ring (bicyclic) bond motifs is 1. The van der Waals surface area contributed by atoms with Gasteiger partial charge >= 0.3 is 5.97 Å². The number of hydrogen-bond acceptors (Lipinski definition) is 3. The molecular weight excluding hydrogens is 352 g/mol. The molecule has 4 nitrogen and oxygen atoms in total. The number of hydrogen-bond donors (Lipinski definition) is 1. The average molecular weight is 376 g/mol. The molecular formula is C24H24O4. The minimum atomic E-state index is -1.04. The van der Waals surface area contributed by atoms with Gasteiger partial charge in [0.1, 0.15) is 11.3 Å². The lowest BCUT2D eigenvalue weighted by Gasteiger charge is -2.11. The van der Waals surface area contributed by atoms with Crippen LogP contribution >= 0.6 is 0 Å². The number of rotatable bonds is 6. The fraction of sp³-hybridized carbons (Fsp3) is 0.333. The number of benzene rings is 2. The Hall–Kier alpha value is -2.88. The Morgan fingerprint density at radius 1 is 1.18 bits per heavy atom. The molecule has 1 saturated carbocycles. The molecule has 1 aliphatic carbocycles. The molecule has 4 rings (SSSR count). The number of aryl methyl sites for hydroxylation is 1. The van der Waals surface area contributed by atoms with E-state index < -0.39 is 5.97 Å². The van der Waals surface area contributed by atoms with Gasteiger partial charge in [0.05, 0.1) is 10.9 Å². The van der Waals surface area contributed by atoms with Crippen molar-refractivity contribution in [3.63, 3.8) is 0 Å². The molecule has 4 heteroatoms. The SMILES string of the molecule is CCCCc1c(C2CC2c2ccccc2C)oc2ccc(C(=O)O)cc2c1=O. The molecule has 3 aromatic rings. The molecule has 2 aromatic carbocycles. The minimum absolute atomic E-state index is 0.0803. The van der Waals surface area contributed by atoms with Gasteiger partial charge in [-0.25, -0.2) is 4.79 Å². The summed E-state index contributed by atoms with van der Waals surface area (Å²) in [4.78, 5) is 24.5. The van der Waals surface area contributed by atoms with Crippen molar-refractivity contribution in [3.05, 3.63) is 80.7 Å². The van der Waals surface area contributed by atoms with Gasteiger partial charge in [0.25, 0.3) is 0 Å². The third-order valence-corrected chi connectivity index (χ3v) is 5.76. The van der Waals surface area contributed by atoms with Crippen molar-refractivity contribution in [1.82, 2.24) is 0 Å². The van der Waals surface area contributed by atoms with Crippen LogP contribution in [0.15, 0.2) is 51.7 Å². The summed E-state index contributed by atoms with van der Waals surface area (Å²) in [5.74, 6) is 0.342. The van der Waals surface area contributed by atoms with E-state index in [0.717, 1.165) is 30.6 Å². The van der Waals surface area contributed by atoms with Crippen LogP contribution in [0.2, 0.25) is 0 Å². The molecule has 0 amide bonds. The predicted molar refractivity (Wildman–Crippen MR) is 109 cm³/mol. The maximum atomic E-state index is 13.2. The van der Waals surface area contributed by atoms with Gasteiger partial charge in [-0.3, -0.25) is 4.79 Å². The average Bonchev–Trinajstić information content (AvgIpc) is 3.47. The standard InChI is InChI=1S/C24H24O4/c1-3-4-8-17-22(25)20-12-15(24(26)27)10-11-21(20)28-23(17)19-13-18(19)16-9-6-5-7-14(16)2/h5-7,9-12,18-19H,3-4,8,13H2,1-2H3,(H,26,27). The third-order valence-electron chi connectivity index (χ3n) is 5.76. The highest BCUT2D eigenvalue weighted by atomic mass is 16.4. The van der Waals surface area contributed by atoms with Crippen molar-refractivity contribution in [2.45, 2.75) is 51.4 Å². The first kappa shape index (κ1) is 18.5. The summed E-state index contributed by atoms with van der Waals surface area (Å²) in [6.07, 6.45) is 3.53. The normalized spacial score (nSPS) is 18.4. The lowest BCUT2D eigenvalue weighted by atomic mass is 9.98. The van der Waals surface area contributed by atoms with E-state index in [2.05, 4.69) is 32.0 Å². The second-order valence-corrected chi connectivity index (χ2v) is 7.70. The summed E-state index contributed by atoms with van der Waals surface area (Å²) in [5.41, 5.74) is 3.80. The van der Waals surface area contributed by atoms with E-state index in [9.17, 15) is 14.7 Å². The van der Waals surface area contributed by atoms with Gasteiger partial charge in [-0.15, -0.1) is 0 Å². The first-order valence-corrected chi connectivity index (χ1v) is 9.89. The molecule has 0 aliphatic heterocycles. The minimum Gasteiger partial charge on any atom is -0.478 e. The van der Waals surface area contributed by atoms with Crippen LogP contribution < -0.4 is 5.43 Å². The maximum absolute atomic E-state index is 13.2. The molecule has 28 heavy (non-hydrogen) atoms. The fourth-order valence-corrected chi connectivity index (χ4v) is 4.11. The summed E-state index contributed by atoms with van der Waals surface area (Å²) >= 11 is 0. The number of carbonyl (C=O) groups is 1. The molecule has 2 atom stereocenters. The zero-order valence-corrected chi connectivity index (χ0v) is 16.2. The van der Waals surface area contributed by atoms with Gasteiger partial charge in [0.2, 0.25) is 0 Å². The first-order chi connectivity index (χ1) is 13.5. The molecule has 1 aromatic heterocycles. The Kier molecular flexibility index (Phi) is 4.80. The molecule has 1 N–H and O–H groups in total. The zero-order chi connectivity index (χ0) is 19.8. The van der Waals surface area contributed by atoms with E-state index in [0.29, 0.717) is 23.3 Å². The van der Waals surface area contributed by atoms with E-state index in [1.54, 1.807) is 6.07 Å². The van der Waals surface area contributed by atoms with Crippen LogP contribution in [-0.4, -0.2) is 11.1 Å². The van der Waals surface area contributed by atoms with Crippen LogP contribution in [0.1, 0.15) is 70.8 Å². The molecule has 2 unspecified atom stereocenters. The van der Waals surface area contributed by atoms with Crippen LogP contribution in [0, 0.1) is 6.92 Å². The quantitative estimate of drug-likeness (QED) is 0.624. The van der Waals surface area contributed by atoms with Crippen molar-refractivity contribution in [2.24, 2.45) is 0 Å². The van der Waals surface area contributed by atoms with Crippen molar-refractivity contribution >= 4 is 16.9 Å². The monoisotopic (exact) mass is 376 g/mol. The Morgan fingerprint density at radius 2 is 1.96 bits per heavy atom. The maximum Gasteiger partial charge on any atom is 0.335 e. The van der Waals surface area contributed by atoms with E-state index in [-0.39, 0.29) is 16.9 Å². The van der Waals surface area contributed by atoms with Gasteiger partial charge < -0.3 is 9.52 Å². The van der Waals surface area contributed by atoms with E-state index in [1.807, 2.05) is 6.07 Å². The summed E-state index contributed by atoms with van der Waals surface area (Å²) in [7, 11) is 0. The summed E-state index contributed by atoms with van der Waals surface area (Å²) in [6.45, 7) is 4.21. The number of carboxylic acid groups (broad SMARTS) is 1. The van der Waals surface area contributed by atoms with Crippen molar-refractivity contribution in [3.8, 4) is 0 Å². The van der Waals surface area contributed by atoms with Crippen LogP contribution in [0.5, 0.6) is 0 Å². The first-order valence-electron chi connectivity index (χ1n) is 9.89. The topological polar surface area (TPSA) is 67.5 Å². The highest BCUT2D eigenvalue weighted by Gasteiger charge is 2.44. The highest BCUT2D eigenvalue weighted by Crippen LogP contribution is 2.56. The van der Waals surface area contributed by atoms with E-state index >= 15 is 0 Å². The summed E-state index contributed by atoms with van der Waals surface area (Å²) < 4.78 is 6.23. The Balaban J connectivity index is 1.81. The Bertz CT molecular complexity index is 1110. The largest absolute Gasteiger partial charge is 0.478 e. The number of unbranched alkanes of at least 4 members (excludes halogenated alkanes) is 1. The molecule has 0 spiro atoms. The van der Waals surface area contributed by atoms with Crippen LogP contribution in [-0.2, 0) is 6.42 Å². The third kappa shape index (κ3) is 3.24. The van der Waals surface area contributed by atoms with Gasteiger partial charge in [-0.05, 0) is 61.4 Å². The Morgan fingerprint density at radius 3 is 2.68 bits per heavy atom. The molecule has 1 aliphatic rings. The molecule has 0 radical (unpaired) electrons. The number of carboxylic acids is 1. The second kappa shape index (κ2) is 7.27. The lowest BCUT2D eigenvalue weighted by molar-refractivity contribution is 0.0697. The summed E-state index contributed by atoms with van der Waals surface area (Å²) in [6, 6.07) is 12.9. The summed E-state index contributed by atoms with van der Waals surface area (Å²) in [5, 5.41) is 9.62. The van der Waals surface area contributed by atoms with Gasteiger partial charge in [-0.2, -0.15) is 0 Å². The molecule has 144 valence electrons. The van der Waals surface area contributed by atoms with Crippen LogP contribution in [0.3, 0.4) is 0 Å². The Labute approximate surface area is 163 Å². The van der Waals surface area contributed by atoms with Crippen molar-refractivity contribution < 1.29 is 14.3 Å². The smallest absolute Gasteiger partial charge is 0.335 e. The van der Waals surface area contributed by atoms with Gasteiger partial charge in [-0.1, -0.05) is 37.6 Å².